The number of nitrogens with zero attached hydrogens (tertiary/aromatic N) is 3. The highest BCUT2D eigenvalue weighted by molar-refractivity contribution is 6.04. The van der Waals surface area contributed by atoms with Crippen LogP contribution in [-0.2, 0) is 0 Å². The number of hydrogen-bond acceptors (Lipinski definition) is 4. The quantitative estimate of drug-likeness (QED) is 0.754. The lowest BCUT2D eigenvalue weighted by Gasteiger charge is -2.05. The number of H-pyrrole nitrogens is 1. The molecule has 0 aromatic carbocycles. The second kappa shape index (κ2) is 5.41. The number of nitrogens with one attached hydrogen (secondary N) is 2. The van der Waals surface area contributed by atoms with Crippen LogP contribution in [0.2, 0.25) is 0 Å². The van der Waals surface area contributed by atoms with Crippen LogP contribution in [0.4, 0.5) is 5.69 Å². The van der Waals surface area contributed by atoms with Crippen molar-refractivity contribution in [1.82, 2.24) is 19.7 Å². The van der Waals surface area contributed by atoms with Gasteiger partial charge in [0.15, 0.2) is 5.82 Å². The zero-order chi connectivity index (χ0) is 14.7. The van der Waals surface area contributed by atoms with E-state index in [1.165, 1.54) is 24.5 Å². The van der Waals surface area contributed by atoms with Crippen molar-refractivity contribution < 1.29 is 4.79 Å². The van der Waals surface area contributed by atoms with E-state index in [0.29, 0.717) is 11.5 Å². The molecule has 0 aliphatic heterocycles. The van der Waals surface area contributed by atoms with Crippen molar-refractivity contribution in [3.05, 3.63) is 71.0 Å². The number of carbonyl (C=O) groups excluding carboxylic acids is 1. The van der Waals surface area contributed by atoms with Crippen molar-refractivity contribution in [2.45, 2.75) is 0 Å². The Balaban J connectivity index is 1.76. The highest BCUT2D eigenvalue weighted by atomic mass is 16.2. The summed E-state index contributed by atoms with van der Waals surface area (Å²) < 4.78 is 1.61. The van der Waals surface area contributed by atoms with Crippen LogP contribution in [0, 0.1) is 0 Å². The lowest BCUT2D eigenvalue weighted by Crippen LogP contribution is -2.15. The Morgan fingerprint density at radius 3 is 2.86 bits per heavy atom. The molecule has 0 radical (unpaired) electrons. The molecule has 7 nitrogen and oxygen atoms in total. The predicted molar refractivity (Wildman–Crippen MR) is 76.4 cm³/mol. The summed E-state index contributed by atoms with van der Waals surface area (Å²) in [6, 6.07) is 8.02. The molecule has 0 aliphatic rings. The second-order valence-electron chi connectivity index (χ2n) is 4.25. The summed E-state index contributed by atoms with van der Waals surface area (Å²) in [6.07, 6.45) is 6.39. The standard InChI is InChI=1S/C14H11N5O2/c20-13-8-10(4-6-15-13)14(21)18-11-2-3-12(16-9-11)19-7-1-5-17-19/h1-9H,(H,15,20)(H,18,21). The molecule has 0 unspecified atom stereocenters. The van der Waals surface area contributed by atoms with Gasteiger partial charge in [-0.2, -0.15) is 5.10 Å². The van der Waals surface area contributed by atoms with Gasteiger partial charge in [0.25, 0.3) is 5.91 Å². The number of hydrogen-bond donors (Lipinski definition) is 2. The van der Waals surface area contributed by atoms with Crippen LogP contribution in [0.25, 0.3) is 5.82 Å². The van der Waals surface area contributed by atoms with Crippen LogP contribution in [-0.4, -0.2) is 25.7 Å². The van der Waals surface area contributed by atoms with E-state index in [-0.39, 0.29) is 17.0 Å². The molecule has 0 saturated heterocycles. The molecule has 2 N–H and O–H groups in total. The molecular weight excluding hydrogens is 270 g/mol. The zero-order valence-electron chi connectivity index (χ0n) is 10.9. The maximum absolute atomic E-state index is 12.0. The van der Waals surface area contributed by atoms with Crippen LogP contribution >= 0.6 is 0 Å². The number of aromatic nitrogens is 4. The Morgan fingerprint density at radius 1 is 1.29 bits per heavy atom. The van der Waals surface area contributed by atoms with Gasteiger partial charge in [0.05, 0.1) is 11.9 Å². The molecule has 0 saturated carbocycles. The summed E-state index contributed by atoms with van der Waals surface area (Å²) in [5.41, 5.74) is 0.501. The minimum Gasteiger partial charge on any atom is -0.329 e. The first-order chi connectivity index (χ1) is 10.2. The number of amides is 1. The third-order valence-corrected chi connectivity index (χ3v) is 2.78. The van der Waals surface area contributed by atoms with Crippen molar-refractivity contribution in [1.29, 1.82) is 0 Å². The zero-order valence-corrected chi connectivity index (χ0v) is 10.9. The molecule has 3 heterocycles. The average molecular weight is 281 g/mol. The Labute approximate surface area is 119 Å². The number of anilines is 1. The van der Waals surface area contributed by atoms with Gasteiger partial charge in [-0.3, -0.25) is 9.59 Å². The van der Waals surface area contributed by atoms with Crippen molar-refractivity contribution in [2.24, 2.45) is 0 Å². The molecule has 3 aromatic rings. The summed E-state index contributed by atoms with van der Waals surface area (Å²) in [6.45, 7) is 0. The molecule has 0 fully saturated rings. The third-order valence-electron chi connectivity index (χ3n) is 2.78. The number of carbonyl (C=O) groups is 1. The molecule has 21 heavy (non-hydrogen) atoms. The first-order valence-corrected chi connectivity index (χ1v) is 6.18. The fraction of sp³-hybridized carbons (Fsp3) is 0. The topological polar surface area (TPSA) is 92.7 Å². The largest absolute Gasteiger partial charge is 0.329 e. The number of aromatic amines is 1. The Bertz CT molecular complexity index is 806. The minimum atomic E-state index is -0.366. The molecular formula is C14H11N5O2. The smallest absolute Gasteiger partial charge is 0.255 e. The lowest BCUT2D eigenvalue weighted by atomic mass is 10.2. The van der Waals surface area contributed by atoms with E-state index >= 15 is 0 Å². The van der Waals surface area contributed by atoms with Gasteiger partial charge < -0.3 is 10.3 Å². The van der Waals surface area contributed by atoms with Crippen molar-refractivity contribution >= 4 is 11.6 Å². The minimum absolute atomic E-state index is 0.287. The summed E-state index contributed by atoms with van der Waals surface area (Å²) in [4.78, 5) is 29.8. The molecule has 0 spiro atoms. The maximum Gasteiger partial charge on any atom is 0.255 e. The van der Waals surface area contributed by atoms with Crippen LogP contribution in [0.3, 0.4) is 0 Å². The molecule has 104 valence electrons. The molecule has 1 amide bonds. The number of pyridine rings is 2. The van der Waals surface area contributed by atoms with E-state index in [0.717, 1.165) is 0 Å². The Morgan fingerprint density at radius 2 is 2.19 bits per heavy atom. The van der Waals surface area contributed by atoms with Crippen LogP contribution in [0.15, 0.2) is 59.9 Å². The van der Waals surface area contributed by atoms with Crippen molar-refractivity contribution in [2.75, 3.05) is 5.32 Å². The van der Waals surface area contributed by atoms with E-state index in [1.807, 2.05) is 0 Å². The van der Waals surface area contributed by atoms with Crippen molar-refractivity contribution in [3.63, 3.8) is 0 Å². The maximum atomic E-state index is 12.0. The van der Waals surface area contributed by atoms with Crippen LogP contribution < -0.4 is 10.9 Å². The molecule has 3 rings (SSSR count). The Hall–Kier alpha value is -3.22. The molecule has 3 aromatic heterocycles. The highest BCUT2D eigenvalue weighted by Crippen LogP contribution is 2.10. The number of rotatable bonds is 3. The molecule has 0 aliphatic carbocycles. The molecule has 0 atom stereocenters. The fourth-order valence-corrected chi connectivity index (χ4v) is 1.79. The van der Waals surface area contributed by atoms with E-state index < -0.39 is 0 Å². The SMILES string of the molecule is O=C(Nc1ccc(-n2cccn2)nc1)c1cc[nH]c(=O)c1. The van der Waals surface area contributed by atoms with E-state index in [1.54, 1.807) is 35.3 Å². The normalized spacial score (nSPS) is 10.3. The first-order valence-electron chi connectivity index (χ1n) is 6.18. The van der Waals surface area contributed by atoms with Gasteiger partial charge in [-0.25, -0.2) is 9.67 Å². The fourth-order valence-electron chi connectivity index (χ4n) is 1.79. The Kier molecular flexibility index (Phi) is 3.30. The average Bonchev–Trinajstić information content (AvgIpc) is 3.02. The summed E-state index contributed by atoms with van der Waals surface area (Å²) in [5, 5.41) is 6.74. The van der Waals surface area contributed by atoms with Gasteiger partial charge in [-0.15, -0.1) is 0 Å². The molecule has 0 bridgehead atoms. The van der Waals surface area contributed by atoms with Gasteiger partial charge in [0, 0.05) is 30.2 Å². The lowest BCUT2D eigenvalue weighted by molar-refractivity contribution is 0.102. The van der Waals surface area contributed by atoms with Crippen LogP contribution in [0.1, 0.15) is 10.4 Å². The van der Waals surface area contributed by atoms with Crippen LogP contribution in [0.5, 0.6) is 0 Å². The second-order valence-corrected chi connectivity index (χ2v) is 4.25. The monoisotopic (exact) mass is 281 g/mol. The summed E-state index contributed by atoms with van der Waals surface area (Å²) in [7, 11) is 0. The first kappa shape index (κ1) is 12.8. The highest BCUT2D eigenvalue weighted by Gasteiger charge is 2.07. The van der Waals surface area contributed by atoms with E-state index in [9.17, 15) is 9.59 Å². The van der Waals surface area contributed by atoms with Gasteiger partial charge in [-0.1, -0.05) is 0 Å². The predicted octanol–water partition coefficient (Wildman–Crippen LogP) is 1.21. The summed E-state index contributed by atoms with van der Waals surface area (Å²) >= 11 is 0. The van der Waals surface area contributed by atoms with Gasteiger partial charge in [0.2, 0.25) is 5.56 Å². The van der Waals surface area contributed by atoms with Crippen molar-refractivity contribution in [3.8, 4) is 5.82 Å². The van der Waals surface area contributed by atoms with E-state index in [2.05, 4.69) is 20.4 Å². The molecule has 7 heteroatoms. The van der Waals surface area contributed by atoms with E-state index in [4.69, 9.17) is 0 Å². The summed E-state index contributed by atoms with van der Waals surface area (Å²) in [5.74, 6) is 0.281. The van der Waals surface area contributed by atoms with Gasteiger partial charge in [0.1, 0.15) is 0 Å². The third kappa shape index (κ3) is 2.86. The van der Waals surface area contributed by atoms with Gasteiger partial charge >= 0.3 is 0 Å². The van der Waals surface area contributed by atoms with Gasteiger partial charge in [-0.05, 0) is 24.3 Å².